The van der Waals surface area contributed by atoms with Crippen molar-refractivity contribution in [1.82, 2.24) is 14.4 Å². The number of hydrogen-bond acceptors (Lipinski definition) is 2. The molecule has 0 N–H and O–H groups in total. The highest BCUT2D eigenvalue weighted by Gasteiger charge is 2.34. The van der Waals surface area contributed by atoms with Crippen LogP contribution in [0, 0.1) is 5.92 Å². The number of amides is 2. The van der Waals surface area contributed by atoms with Crippen LogP contribution in [0.25, 0.3) is 0 Å². The first kappa shape index (κ1) is 24.8. The van der Waals surface area contributed by atoms with Gasteiger partial charge in [-0.3, -0.25) is 9.59 Å². The van der Waals surface area contributed by atoms with Gasteiger partial charge in [0.1, 0.15) is 6.54 Å². The fraction of sp³-hybridized carbons (Fsp3) is 0.571. The average molecular weight is 484 g/mol. The lowest BCUT2D eigenvalue weighted by atomic mass is 9.84. The van der Waals surface area contributed by atoms with Gasteiger partial charge in [-0.2, -0.15) is 0 Å². The molecule has 1 aromatic carbocycles. The van der Waals surface area contributed by atoms with Gasteiger partial charge in [0, 0.05) is 41.5 Å². The molecular weight excluding hydrogens is 446 g/mol. The number of nitrogens with zero attached hydrogens (tertiary/aromatic N) is 3. The van der Waals surface area contributed by atoms with Crippen molar-refractivity contribution in [2.45, 2.75) is 90.4 Å². The van der Waals surface area contributed by atoms with Gasteiger partial charge in [-0.15, -0.1) is 0 Å². The molecule has 1 heterocycles. The molecule has 2 aliphatic carbocycles. The second-order valence-electron chi connectivity index (χ2n) is 10.2. The van der Waals surface area contributed by atoms with Crippen molar-refractivity contribution in [2.75, 3.05) is 6.54 Å². The first-order valence-corrected chi connectivity index (χ1v) is 13.3. The predicted molar refractivity (Wildman–Crippen MR) is 137 cm³/mol. The topological polar surface area (TPSA) is 45.6 Å². The minimum Gasteiger partial charge on any atom is -0.345 e. The summed E-state index contributed by atoms with van der Waals surface area (Å²) in [7, 11) is 0. The smallest absolute Gasteiger partial charge is 0.242 e. The maximum absolute atomic E-state index is 13.7. The molecule has 4 rings (SSSR count). The van der Waals surface area contributed by atoms with Gasteiger partial charge in [0.15, 0.2) is 0 Å². The van der Waals surface area contributed by atoms with Gasteiger partial charge < -0.3 is 14.4 Å². The zero-order valence-corrected chi connectivity index (χ0v) is 21.3. The lowest BCUT2D eigenvalue weighted by Gasteiger charge is -2.38. The maximum Gasteiger partial charge on any atom is 0.242 e. The van der Waals surface area contributed by atoms with Crippen LogP contribution in [0.4, 0.5) is 0 Å². The van der Waals surface area contributed by atoms with Crippen LogP contribution in [-0.2, 0) is 22.7 Å². The molecule has 0 bridgehead atoms. The van der Waals surface area contributed by atoms with E-state index in [1.54, 1.807) is 0 Å². The molecule has 184 valence electrons. The minimum atomic E-state index is 0.0225. The van der Waals surface area contributed by atoms with E-state index in [0.29, 0.717) is 13.1 Å². The van der Waals surface area contributed by atoms with E-state index >= 15 is 0 Å². The second-order valence-corrected chi connectivity index (χ2v) is 10.6. The van der Waals surface area contributed by atoms with Crippen LogP contribution < -0.4 is 0 Å². The van der Waals surface area contributed by atoms with Gasteiger partial charge in [-0.25, -0.2) is 0 Å². The van der Waals surface area contributed by atoms with E-state index in [-0.39, 0.29) is 36.4 Å². The van der Waals surface area contributed by atoms with Gasteiger partial charge >= 0.3 is 0 Å². The van der Waals surface area contributed by atoms with Crippen LogP contribution in [0.2, 0.25) is 5.02 Å². The van der Waals surface area contributed by atoms with Crippen LogP contribution in [0.3, 0.4) is 0 Å². The molecule has 0 aliphatic heterocycles. The van der Waals surface area contributed by atoms with Gasteiger partial charge in [-0.1, -0.05) is 55.5 Å². The van der Waals surface area contributed by atoms with Crippen LogP contribution >= 0.6 is 11.6 Å². The highest BCUT2D eigenvalue weighted by molar-refractivity contribution is 6.31. The third-order valence-corrected chi connectivity index (χ3v) is 7.93. The summed E-state index contributed by atoms with van der Waals surface area (Å²) in [6.45, 7) is 5.44. The second kappa shape index (κ2) is 11.4. The molecule has 2 amide bonds. The Balaban J connectivity index is 1.52. The molecule has 1 aromatic heterocycles. The average Bonchev–Trinajstić information content (AvgIpc) is 3.23. The Kier molecular flexibility index (Phi) is 8.36. The Labute approximate surface area is 209 Å². The van der Waals surface area contributed by atoms with Gasteiger partial charge in [0.2, 0.25) is 11.8 Å². The number of carbonyl (C=O) groups excluding carboxylic acids is 2. The van der Waals surface area contributed by atoms with Crippen molar-refractivity contribution in [2.24, 2.45) is 5.92 Å². The summed E-state index contributed by atoms with van der Waals surface area (Å²) in [5.74, 6) is 0.324. The van der Waals surface area contributed by atoms with Gasteiger partial charge in [0.25, 0.3) is 0 Å². The van der Waals surface area contributed by atoms with E-state index < -0.39 is 0 Å². The highest BCUT2D eigenvalue weighted by Crippen LogP contribution is 2.30. The Morgan fingerprint density at radius 2 is 1.74 bits per heavy atom. The van der Waals surface area contributed by atoms with E-state index in [1.807, 2.05) is 49.1 Å². The molecule has 5 nitrogen and oxygen atoms in total. The highest BCUT2D eigenvalue weighted by atomic mass is 35.5. The van der Waals surface area contributed by atoms with Crippen LogP contribution in [0.15, 0.2) is 42.6 Å². The molecule has 0 saturated heterocycles. The predicted octanol–water partition coefficient (Wildman–Crippen LogP) is 5.89. The van der Waals surface area contributed by atoms with Gasteiger partial charge in [0.05, 0.1) is 6.54 Å². The van der Waals surface area contributed by atoms with Crippen molar-refractivity contribution in [3.63, 3.8) is 0 Å². The Morgan fingerprint density at radius 3 is 2.38 bits per heavy atom. The zero-order valence-electron chi connectivity index (χ0n) is 20.6. The van der Waals surface area contributed by atoms with E-state index in [2.05, 4.69) is 21.7 Å². The number of aromatic nitrogens is 1. The van der Waals surface area contributed by atoms with E-state index in [9.17, 15) is 9.59 Å². The maximum atomic E-state index is 13.7. The Hall–Kier alpha value is -2.27. The van der Waals surface area contributed by atoms with Gasteiger partial charge in [-0.05, 0) is 63.3 Å². The summed E-state index contributed by atoms with van der Waals surface area (Å²) >= 11 is 6.41. The number of benzene rings is 1. The molecule has 0 radical (unpaired) electrons. The molecule has 2 saturated carbocycles. The molecule has 0 spiro atoms. The quantitative estimate of drug-likeness (QED) is 0.446. The zero-order chi connectivity index (χ0) is 24.1. The molecule has 0 unspecified atom stereocenters. The van der Waals surface area contributed by atoms with E-state index in [0.717, 1.165) is 61.2 Å². The number of rotatable bonds is 9. The van der Waals surface area contributed by atoms with Crippen molar-refractivity contribution >= 4 is 23.4 Å². The molecule has 2 aliphatic rings. The van der Waals surface area contributed by atoms with Crippen LogP contribution in [-0.4, -0.2) is 44.8 Å². The van der Waals surface area contributed by atoms with Crippen molar-refractivity contribution in [3.05, 3.63) is 58.9 Å². The summed E-state index contributed by atoms with van der Waals surface area (Å²) < 4.78 is 2.18. The van der Waals surface area contributed by atoms with Crippen molar-refractivity contribution in [3.8, 4) is 0 Å². The molecule has 0 atom stereocenters. The van der Waals surface area contributed by atoms with Crippen molar-refractivity contribution in [1.29, 1.82) is 0 Å². The molecule has 34 heavy (non-hydrogen) atoms. The number of hydrogen-bond donors (Lipinski definition) is 0. The summed E-state index contributed by atoms with van der Waals surface area (Å²) in [6.07, 6.45) is 10.7. The lowest BCUT2D eigenvalue weighted by Crippen LogP contribution is -2.51. The summed E-state index contributed by atoms with van der Waals surface area (Å²) in [5, 5.41) is 0.754. The normalized spacial score (nSPS) is 16.9. The van der Waals surface area contributed by atoms with Crippen LogP contribution in [0.5, 0.6) is 0 Å². The first-order valence-electron chi connectivity index (χ1n) is 12.9. The third-order valence-electron chi connectivity index (χ3n) is 7.56. The van der Waals surface area contributed by atoms with E-state index in [4.69, 9.17) is 11.6 Å². The third kappa shape index (κ3) is 5.86. The Morgan fingerprint density at radius 1 is 1.00 bits per heavy atom. The number of carbonyl (C=O) groups is 2. The van der Waals surface area contributed by atoms with E-state index in [1.165, 1.54) is 6.42 Å². The molecular formula is C28H38ClN3O2. The largest absolute Gasteiger partial charge is 0.345 e. The standard InChI is InChI=1S/C28H38ClN3O2/c1-21(2)31(28(34)22-11-8-12-22)20-27(33)32(24-13-4-3-5-14-24)19-25-15-9-17-30(25)18-23-10-6-7-16-26(23)29/h6-7,9-10,15-17,21-22,24H,3-5,8,11-14,18-20H2,1-2H3. The molecule has 2 aromatic rings. The summed E-state index contributed by atoms with van der Waals surface area (Å²) in [6, 6.07) is 12.3. The summed E-state index contributed by atoms with van der Waals surface area (Å²) in [4.78, 5) is 30.7. The summed E-state index contributed by atoms with van der Waals surface area (Å²) in [5.41, 5.74) is 2.16. The SMILES string of the molecule is CC(C)N(CC(=O)N(Cc1cccn1Cc1ccccc1Cl)C1CCCCC1)C(=O)C1CCC1. The lowest BCUT2D eigenvalue weighted by molar-refractivity contribution is -0.148. The minimum absolute atomic E-state index is 0.0225. The van der Waals surface area contributed by atoms with Crippen molar-refractivity contribution < 1.29 is 9.59 Å². The number of halogens is 1. The first-order chi connectivity index (χ1) is 16.4. The molecule has 6 heteroatoms. The monoisotopic (exact) mass is 483 g/mol. The fourth-order valence-electron chi connectivity index (χ4n) is 5.19. The van der Waals surface area contributed by atoms with Crippen LogP contribution in [0.1, 0.15) is 76.5 Å². The molecule has 2 fully saturated rings. The fourth-order valence-corrected chi connectivity index (χ4v) is 5.38. The Bertz CT molecular complexity index is 976.